The second-order valence-corrected chi connectivity index (χ2v) is 5.32. The second kappa shape index (κ2) is 7.50. The third kappa shape index (κ3) is 4.63. The van der Waals surface area contributed by atoms with Crippen LogP contribution in [0.15, 0.2) is 30.3 Å². The van der Waals surface area contributed by atoms with Gasteiger partial charge in [-0.25, -0.2) is 0 Å². The smallest absolute Gasteiger partial charge is 0.0996 e. The van der Waals surface area contributed by atoms with Crippen molar-refractivity contribution in [2.45, 2.75) is 6.54 Å². The maximum atomic E-state index is 5.14. The van der Waals surface area contributed by atoms with Crippen molar-refractivity contribution in [2.24, 2.45) is 0 Å². The van der Waals surface area contributed by atoms with Crippen LogP contribution in [0.4, 0.5) is 0 Å². The molecule has 0 amide bonds. The molecule has 0 radical (unpaired) electrons. The van der Waals surface area contributed by atoms with Gasteiger partial charge in [0, 0.05) is 13.7 Å². The molecule has 0 heterocycles. The molecule has 0 saturated carbocycles. The molecule has 0 aliphatic heterocycles. The van der Waals surface area contributed by atoms with E-state index >= 15 is 0 Å². The first-order chi connectivity index (χ1) is 6.86. The molecule has 1 aromatic rings. The summed E-state index contributed by atoms with van der Waals surface area (Å²) >= 11 is 2.30. The van der Waals surface area contributed by atoms with Crippen molar-refractivity contribution in [1.29, 1.82) is 0 Å². The predicted octanol–water partition coefficient (Wildman–Crippen LogP) is 3.13. The van der Waals surface area contributed by atoms with Crippen LogP contribution in [0, 0.1) is 0 Å². The quantitative estimate of drug-likeness (QED) is 0.589. The molecule has 0 spiro atoms. The average Bonchev–Trinajstić information content (AvgIpc) is 2.20. The monoisotopic (exact) mass is 323 g/mol. The van der Waals surface area contributed by atoms with Crippen LogP contribution in [0.5, 0.6) is 0 Å². The third-order valence-electron chi connectivity index (χ3n) is 1.79. The van der Waals surface area contributed by atoms with Gasteiger partial charge >= 0.3 is 0 Å². The van der Waals surface area contributed by atoms with Crippen LogP contribution in [0.3, 0.4) is 0 Å². The van der Waals surface area contributed by atoms with Gasteiger partial charge in [-0.15, -0.1) is 0 Å². The summed E-state index contributed by atoms with van der Waals surface area (Å²) in [4.78, 5) is 2.26. The minimum Gasteiger partial charge on any atom is -0.369 e. The highest BCUT2D eigenvalue weighted by Crippen LogP contribution is 2.15. The molecular weight excluding hydrogens is 309 g/mol. The molecule has 0 aromatic heterocycles. The maximum absolute atomic E-state index is 5.14. The molecular formula is C10H14INOS. The van der Waals surface area contributed by atoms with Crippen LogP contribution in [0.2, 0.25) is 0 Å². The SMILES string of the molecule is COCN(CSI)Cc1ccccc1. The summed E-state index contributed by atoms with van der Waals surface area (Å²) in [7, 11) is 3.52. The van der Waals surface area contributed by atoms with Gasteiger partial charge in [-0.05, 0) is 26.8 Å². The van der Waals surface area contributed by atoms with Crippen molar-refractivity contribution in [2.75, 3.05) is 19.7 Å². The van der Waals surface area contributed by atoms with E-state index in [0.29, 0.717) is 6.73 Å². The van der Waals surface area contributed by atoms with Gasteiger partial charge in [-0.1, -0.05) is 39.3 Å². The summed E-state index contributed by atoms with van der Waals surface area (Å²) in [5.41, 5.74) is 1.33. The zero-order chi connectivity index (χ0) is 10.2. The molecule has 1 aromatic carbocycles. The normalized spacial score (nSPS) is 10.8. The summed E-state index contributed by atoms with van der Waals surface area (Å²) in [5.74, 6) is 0.989. The molecule has 0 unspecified atom stereocenters. The topological polar surface area (TPSA) is 12.5 Å². The van der Waals surface area contributed by atoms with Crippen molar-refractivity contribution in [3.05, 3.63) is 35.9 Å². The highest BCUT2D eigenvalue weighted by molar-refractivity contribution is 14.2. The van der Waals surface area contributed by atoms with E-state index in [1.54, 1.807) is 16.0 Å². The Balaban J connectivity index is 2.46. The molecule has 0 saturated heterocycles. The van der Waals surface area contributed by atoms with Crippen LogP contribution in [0.25, 0.3) is 0 Å². The summed E-state index contributed by atoms with van der Waals surface area (Å²) < 4.78 is 5.14. The summed E-state index contributed by atoms with van der Waals surface area (Å²) in [6.45, 7) is 1.63. The number of ether oxygens (including phenoxy) is 1. The predicted molar refractivity (Wildman–Crippen MR) is 70.3 cm³/mol. The molecule has 78 valence electrons. The lowest BCUT2D eigenvalue weighted by Crippen LogP contribution is -2.24. The van der Waals surface area contributed by atoms with E-state index in [4.69, 9.17) is 4.74 Å². The van der Waals surface area contributed by atoms with E-state index in [9.17, 15) is 0 Å². The van der Waals surface area contributed by atoms with Crippen LogP contribution in [-0.2, 0) is 11.3 Å². The number of hydrogen-bond donors (Lipinski definition) is 0. The van der Waals surface area contributed by atoms with Crippen molar-refractivity contribution < 1.29 is 4.74 Å². The van der Waals surface area contributed by atoms with Gasteiger partial charge in [0.25, 0.3) is 0 Å². The van der Waals surface area contributed by atoms with Gasteiger partial charge in [0.05, 0.1) is 12.6 Å². The van der Waals surface area contributed by atoms with Crippen molar-refractivity contribution in [3.63, 3.8) is 0 Å². The van der Waals surface area contributed by atoms with E-state index < -0.39 is 0 Å². The van der Waals surface area contributed by atoms with Crippen molar-refractivity contribution in [3.8, 4) is 0 Å². The Morgan fingerprint density at radius 1 is 1.36 bits per heavy atom. The lowest BCUT2D eigenvalue weighted by molar-refractivity contribution is 0.0728. The van der Waals surface area contributed by atoms with Gasteiger partial charge in [-0.3, -0.25) is 4.90 Å². The minimum atomic E-state index is 0.685. The van der Waals surface area contributed by atoms with Crippen molar-refractivity contribution >= 4 is 30.1 Å². The molecule has 0 N–H and O–H groups in total. The fraction of sp³-hybridized carbons (Fsp3) is 0.400. The van der Waals surface area contributed by atoms with Crippen LogP contribution < -0.4 is 0 Å². The van der Waals surface area contributed by atoms with Crippen LogP contribution >= 0.6 is 30.1 Å². The zero-order valence-electron chi connectivity index (χ0n) is 8.15. The number of benzene rings is 1. The van der Waals surface area contributed by atoms with Crippen LogP contribution in [-0.4, -0.2) is 24.6 Å². The molecule has 2 nitrogen and oxygen atoms in total. The van der Waals surface area contributed by atoms with Gasteiger partial charge in [0.1, 0.15) is 0 Å². The Labute approximate surface area is 102 Å². The van der Waals surface area contributed by atoms with E-state index in [2.05, 4.69) is 50.4 Å². The Kier molecular flexibility index (Phi) is 6.59. The number of hydrogen-bond acceptors (Lipinski definition) is 3. The van der Waals surface area contributed by atoms with Gasteiger partial charge < -0.3 is 4.74 Å². The Hall–Kier alpha value is 0.220. The minimum absolute atomic E-state index is 0.685. The number of halogens is 1. The Morgan fingerprint density at radius 3 is 2.64 bits per heavy atom. The third-order valence-corrected chi connectivity index (χ3v) is 3.09. The maximum Gasteiger partial charge on any atom is 0.0996 e. The molecule has 0 fully saturated rings. The lowest BCUT2D eigenvalue weighted by atomic mass is 10.2. The average molecular weight is 323 g/mol. The second-order valence-electron chi connectivity index (χ2n) is 2.97. The fourth-order valence-electron chi connectivity index (χ4n) is 1.22. The molecule has 0 bridgehead atoms. The molecule has 1 rings (SSSR count). The first-order valence-corrected chi connectivity index (χ1v) is 7.88. The van der Waals surface area contributed by atoms with E-state index in [-0.39, 0.29) is 0 Å². The number of nitrogens with zero attached hydrogens (tertiary/aromatic N) is 1. The Bertz CT molecular complexity index is 239. The summed E-state index contributed by atoms with van der Waals surface area (Å²) in [5, 5.41) is 0. The highest BCUT2D eigenvalue weighted by Gasteiger charge is 2.03. The molecule has 4 heteroatoms. The first kappa shape index (κ1) is 12.3. The van der Waals surface area contributed by atoms with Gasteiger partial charge in [-0.2, -0.15) is 0 Å². The van der Waals surface area contributed by atoms with Crippen LogP contribution in [0.1, 0.15) is 5.56 Å². The largest absolute Gasteiger partial charge is 0.369 e. The lowest BCUT2D eigenvalue weighted by Gasteiger charge is -2.19. The van der Waals surface area contributed by atoms with Gasteiger partial charge in [0.2, 0.25) is 0 Å². The molecule has 0 atom stereocenters. The van der Waals surface area contributed by atoms with Gasteiger partial charge in [0.15, 0.2) is 0 Å². The standard InChI is InChI=1S/C10H14INOS/c1-13-8-12(9-14-11)7-10-5-3-2-4-6-10/h2-6H,7-9H2,1H3. The number of rotatable bonds is 6. The first-order valence-electron chi connectivity index (χ1n) is 4.35. The van der Waals surface area contributed by atoms with E-state index in [1.807, 2.05) is 6.07 Å². The Morgan fingerprint density at radius 2 is 2.07 bits per heavy atom. The molecule has 14 heavy (non-hydrogen) atoms. The summed E-state index contributed by atoms with van der Waals surface area (Å²) in [6.07, 6.45) is 0. The zero-order valence-corrected chi connectivity index (χ0v) is 11.1. The number of methoxy groups -OCH3 is 1. The fourth-order valence-corrected chi connectivity index (χ4v) is 2.71. The van der Waals surface area contributed by atoms with E-state index in [1.165, 1.54) is 5.56 Å². The molecule has 0 aliphatic carbocycles. The molecule has 0 aliphatic rings. The highest BCUT2D eigenvalue weighted by atomic mass is 127. The summed E-state index contributed by atoms with van der Waals surface area (Å²) in [6, 6.07) is 10.5. The van der Waals surface area contributed by atoms with Crippen molar-refractivity contribution in [1.82, 2.24) is 4.90 Å². The van der Waals surface area contributed by atoms with E-state index in [0.717, 1.165) is 12.4 Å².